The van der Waals surface area contributed by atoms with Crippen LogP contribution in [0, 0.1) is 6.92 Å². The summed E-state index contributed by atoms with van der Waals surface area (Å²) in [6.07, 6.45) is 3.79. The van der Waals surface area contributed by atoms with Crippen LogP contribution in [0.4, 0.5) is 0 Å². The molecule has 3 rings (SSSR count). The minimum Gasteiger partial charge on any atom is -0.492 e. The Hall–Kier alpha value is -2.36. The molecule has 2 heterocycles. The molecule has 150 valence electrons. The Morgan fingerprint density at radius 2 is 1.86 bits per heavy atom. The van der Waals surface area contributed by atoms with E-state index < -0.39 is 0 Å². The summed E-state index contributed by atoms with van der Waals surface area (Å²) in [6, 6.07) is 14.0. The van der Waals surface area contributed by atoms with Gasteiger partial charge in [0.25, 0.3) is 0 Å². The number of nitrogens with zero attached hydrogens (tertiary/aromatic N) is 4. The van der Waals surface area contributed by atoms with Crippen LogP contribution >= 0.6 is 24.0 Å². The first kappa shape index (κ1) is 21.9. The Bertz CT molecular complexity index is 878. The number of hydrogen-bond donors (Lipinski definition) is 2. The highest BCUT2D eigenvalue weighted by atomic mass is 127. The van der Waals surface area contributed by atoms with Gasteiger partial charge < -0.3 is 15.4 Å². The second-order valence-corrected chi connectivity index (χ2v) is 6.24. The van der Waals surface area contributed by atoms with Crippen molar-refractivity contribution in [2.75, 3.05) is 26.7 Å². The minimum atomic E-state index is 0. The number of halogens is 1. The highest BCUT2D eigenvalue weighted by Crippen LogP contribution is 2.10. The number of fused-ring (bicyclic) bond motifs is 1. The molecule has 0 aliphatic rings. The van der Waals surface area contributed by atoms with Crippen molar-refractivity contribution in [1.82, 2.24) is 25.2 Å². The lowest BCUT2D eigenvalue weighted by molar-refractivity contribution is 0.322. The van der Waals surface area contributed by atoms with E-state index in [1.165, 1.54) is 5.56 Å². The molecule has 0 saturated heterocycles. The van der Waals surface area contributed by atoms with Crippen molar-refractivity contribution in [3.8, 4) is 5.75 Å². The van der Waals surface area contributed by atoms with Crippen LogP contribution in [0.5, 0.6) is 5.75 Å². The molecule has 3 aromatic rings. The van der Waals surface area contributed by atoms with Crippen LogP contribution in [0.25, 0.3) is 5.65 Å². The molecular formula is C20H27IN6O. The molecule has 0 bridgehead atoms. The van der Waals surface area contributed by atoms with Gasteiger partial charge in [0.15, 0.2) is 11.6 Å². The van der Waals surface area contributed by atoms with Gasteiger partial charge in [-0.15, -0.1) is 34.2 Å². The summed E-state index contributed by atoms with van der Waals surface area (Å²) in [5, 5.41) is 15.0. The average Bonchev–Trinajstić information content (AvgIpc) is 3.11. The number of aromatic nitrogens is 3. The van der Waals surface area contributed by atoms with Crippen molar-refractivity contribution in [2.45, 2.75) is 19.8 Å². The van der Waals surface area contributed by atoms with Crippen LogP contribution in [0.1, 0.15) is 17.8 Å². The molecule has 0 aliphatic carbocycles. The van der Waals surface area contributed by atoms with Crippen molar-refractivity contribution in [1.29, 1.82) is 0 Å². The van der Waals surface area contributed by atoms with Crippen LogP contribution in [0.3, 0.4) is 0 Å². The largest absolute Gasteiger partial charge is 0.492 e. The van der Waals surface area contributed by atoms with E-state index in [9.17, 15) is 0 Å². The fourth-order valence-corrected chi connectivity index (χ4v) is 2.71. The molecular weight excluding hydrogens is 467 g/mol. The minimum absolute atomic E-state index is 0. The number of aryl methyl sites for hydroxylation is 2. The lowest BCUT2D eigenvalue weighted by atomic mass is 10.2. The fourth-order valence-electron chi connectivity index (χ4n) is 2.71. The highest BCUT2D eigenvalue weighted by Gasteiger charge is 2.04. The maximum atomic E-state index is 5.71. The van der Waals surface area contributed by atoms with Crippen molar-refractivity contribution in [3.63, 3.8) is 0 Å². The molecule has 2 aromatic heterocycles. The van der Waals surface area contributed by atoms with Crippen molar-refractivity contribution in [2.24, 2.45) is 4.99 Å². The first-order chi connectivity index (χ1) is 13.3. The molecule has 8 heteroatoms. The Kier molecular flexibility index (Phi) is 8.99. The van der Waals surface area contributed by atoms with Gasteiger partial charge in [-0.2, -0.15) is 0 Å². The molecule has 1 aromatic carbocycles. The fraction of sp³-hybridized carbons (Fsp3) is 0.350. The topological polar surface area (TPSA) is 75.8 Å². The summed E-state index contributed by atoms with van der Waals surface area (Å²) < 4.78 is 7.73. The second-order valence-electron chi connectivity index (χ2n) is 6.24. The maximum Gasteiger partial charge on any atom is 0.191 e. The van der Waals surface area contributed by atoms with Crippen molar-refractivity contribution in [3.05, 3.63) is 60.0 Å². The van der Waals surface area contributed by atoms with Crippen molar-refractivity contribution >= 4 is 35.6 Å². The Morgan fingerprint density at radius 1 is 1.07 bits per heavy atom. The van der Waals surface area contributed by atoms with Gasteiger partial charge in [-0.3, -0.25) is 9.39 Å². The van der Waals surface area contributed by atoms with Gasteiger partial charge in [0.1, 0.15) is 18.2 Å². The summed E-state index contributed by atoms with van der Waals surface area (Å²) >= 11 is 0. The highest BCUT2D eigenvalue weighted by molar-refractivity contribution is 14.0. The smallest absolute Gasteiger partial charge is 0.191 e. The molecule has 0 atom stereocenters. The van der Waals surface area contributed by atoms with Crippen LogP contribution in [-0.2, 0) is 6.42 Å². The van der Waals surface area contributed by atoms with Crippen LogP contribution < -0.4 is 15.4 Å². The molecule has 0 saturated carbocycles. The zero-order valence-electron chi connectivity index (χ0n) is 16.3. The number of hydrogen-bond acceptors (Lipinski definition) is 4. The quantitative estimate of drug-likeness (QED) is 0.218. The molecule has 2 N–H and O–H groups in total. The summed E-state index contributed by atoms with van der Waals surface area (Å²) in [4.78, 5) is 4.23. The monoisotopic (exact) mass is 494 g/mol. The van der Waals surface area contributed by atoms with Gasteiger partial charge in [-0.1, -0.05) is 23.8 Å². The third kappa shape index (κ3) is 6.36. The molecule has 0 spiro atoms. The Morgan fingerprint density at radius 3 is 2.64 bits per heavy atom. The van der Waals surface area contributed by atoms with E-state index >= 15 is 0 Å². The first-order valence-corrected chi connectivity index (χ1v) is 9.19. The standard InChI is InChI=1S/C20H26N6O.HI/c1-16-8-10-17(11-9-16)27-15-13-23-20(21-2)22-12-5-7-19-25-24-18-6-3-4-14-26(18)19;/h3-4,6,8-11,14H,5,7,12-13,15H2,1-2H3,(H2,21,22,23);1H. The van der Waals surface area contributed by atoms with Gasteiger partial charge >= 0.3 is 0 Å². The van der Waals surface area contributed by atoms with E-state index in [-0.39, 0.29) is 24.0 Å². The van der Waals surface area contributed by atoms with E-state index in [0.717, 1.165) is 42.6 Å². The van der Waals surface area contributed by atoms with E-state index in [4.69, 9.17) is 4.74 Å². The molecule has 28 heavy (non-hydrogen) atoms. The van der Waals surface area contributed by atoms with Crippen LogP contribution in [0.2, 0.25) is 0 Å². The van der Waals surface area contributed by atoms with Gasteiger partial charge in [0.05, 0.1) is 6.54 Å². The predicted octanol–water partition coefficient (Wildman–Crippen LogP) is 2.83. The SMILES string of the molecule is CN=C(NCCCc1nnc2ccccn12)NCCOc1ccc(C)cc1.I. The molecule has 0 aliphatic heterocycles. The van der Waals surface area contributed by atoms with E-state index in [1.807, 2.05) is 53.1 Å². The van der Waals surface area contributed by atoms with Crippen molar-refractivity contribution < 1.29 is 4.74 Å². The van der Waals surface area contributed by atoms with Gasteiger partial charge in [-0.25, -0.2) is 0 Å². The zero-order valence-corrected chi connectivity index (χ0v) is 18.6. The van der Waals surface area contributed by atoms with E-state index in [0.29, 0.717) is 13.2 Å². The van der Waals surface area contributed by atoms with Gasteiger partial charge in [-0.05, 0) is 37.6 Å². The van der Waals surface area contributed by atoms with Gasteiger partial charge in [0.2, 0.25) is 0 Å². The molecule has 7 nitrogen and oxygen atoms in total. The third-order valence-electron chi connectivity index (χ3n) is 4.16. The first-order valence-electron chi connectivity index (χ1n) is 9.19. The predicted molar refractivity (Wildman–Crippen MR) is 123 cm³/mol. The molecule has 0 amide bonds. The second kappa shape index (κ2) is 11.5. The van der Waals surface area contributed by atoms with Crippen LogP contribution in [0.15, 0.2) is 53.7 Å². The summed E-state index contributed by atoms with van der Waals surface area (Å²) in [6.45, 7) is 4.13. The molecule has 0 fully saturated rings. The number of pyridine rings is 1. The zero-order chi connectivity index (χ0) is 18.9. The summed E-state index contributed by atoms with van der Waals surface area (Å²) in [7, 11) is 1.77. The Labute approximate surface area is 182 Å². The normalized spacial score (nSPS) is 11.1. The number of nitrogens with one attached hydrogen (secondary N) is 2. The van der Waals surface area contributed by atoms with Crippen LogP contribution in [-0.4, -0.2) is 47.3 Å². The maximum absolute atomic E-state index is 5.71. The lowest BCUT2D eigenvalue weighted by Gasteiger charge is -2.12. The Balaban J connectivity index is 0.00000280. The van der Waals surface area contributed by atoms with E-state index in [2.05, 4.69) is 32.7 Å². The number of ether oxygens (including phenoxy) is 1. The molecule has 0 unspecified atom stereocenters. The number of benzene rings is 1. The third-order valence-corrected chi connectivity index (χ3v) is 4.16. The number of guanidine groups is 1. The molecule has 0 radical (unpaired) electrons. The van der Waals surface area contributed by atoms with E-state index in [1.54, 1.807) is 7.05 Å². The summed E-state index contributed by atoms with van der Waals surface area (Å²) in [5.41, 5.74) is 2.11. The average molecular weight is 494 g/mol. The summed E-state index contributed by atoms with van der Waals surface area (Å²) in [5.74, 6) is 2.63. The lowest BCUT2D eigenvalue weighted by Crippen LogP contribution is -2.39. The number of aliphatic imine (C=N–C) groups is 1. The van der Waals surface area contributed by atoms with Gasteiger partial charge in [0, 0.05) is 26.2 Å². The number of rotatable bonds is 8.